The minimum atomic E-state index is -0.563. The fraction of sp³-hybridized carbons (Fsp3) is 0.550. The standard InChI is InChI=1S/C20H26N4O3/c1-2-12-8-21-10-16(12)22-9-13-4-3-5-14-15(13)11-24(20(14)27)17-6-7-18(25)23-19(17)26/h3-5,12,16-17,21-22H,2,6-11H2,1H3,(H,23,25,26)/t12-,16+,17?/m0/s1. The summed E-state index contributed by atoms with van der Waals surface area (Å²) in [4.78, 5) is 38.1. The second kappa shape index (κ2) is 7.40. The molecule has 2 fully saturated rings. The minimum absolute atomic E-state index is 0.115. The highest BCUT2D eigenvalue weighted by Gasteiger charge is 2.39. The SMILES string of the molecule is CC[C@H]1CNC[C@H]1NCc1cccc2c1CN(C1CCC(=O)NC1=O)C2=O. The van der Waals surface area contributed by atoms with Crippen molar-refractivity contribution in [2.45, 2.75) is 51.4 Å². The van der Waals surface area contributed by atoms with Crippen molar-refractivity contribution in [2.75, 3.05) is 13.1 Å². The van der Waals surface area contributed by atoms with Crippen molar-refractivity contribution in [1.29, 1.82) is 0 Å². The quantitative estimate of drug-likeness (QED) is 0.658. The largest absolute Gasteiger partial charge is 0.322 e. The first kappa shape index (κ1) is 18.1. The lowest BCUT2D eigenvalue weighted by Crippen LogP contribution is -2.52. The van der Waals surface area contributed by atoms with Crippen LogP contribution >= 0.6 is 0 Å². The number of carbonyl (C=O) groups is 3. The maximum absolute atomic E-state index is 12.9. The third-order valence-corrected chi connectivity index (χ3v) is 6.10. The average Bonchev–Trinajstić information content (AvgIpc) is 3.25. The maximum Gasteiger partial charge on any atom is 0.255 e. The zero-order chi connectivity index (χ0) is 19.0. The summed E-state index contributed by atoms with van der Waals surface area (Å²) >= 11 is 0. The molecule has 3 aliphatic rings. The number of nitrogens with zero attached hydrogens (tertiary/aromatic N) is 1. The number of imide groups is 1. The second-order valence-corrected chi connectivity index (χ2v) is 7.66. The lowest BCUT2D eigenvalue weighted by molar-refractivity contribution is -0.136. The average molecular weight is 370 g/mol. The lowest BCUT2D eigenvalue weighted by Gasteiger charge is -2.29. The Morgan fingerprint density at radius 1 is 1.22 bits per heavy atom. The summed E-state index contributed by atoms with van der Waals surface area (Å²) in [5, 5.41) is 9.42. The number of hydrogen-bond acceptors (Lipinski definition) is 5. The van der Waals surface area contributed by atoms with Gasteiger partial charge in [-0.05, 0) is 36.1 Å². The van der Waals surface area contributed by atoms with Crippen LogP contribution in [-0.2, 0) is 22.7 Å². The van der Waals surface area contributed by atoms with Crippen LogP contribution in [0.2, 0.25) is 0 Å². The zero-order valence-electron chi connectivity index (χ0n) is 15.6. The molecule has 0 radical (unpaired) electrons. The van der Waals surface area contributed by atoms with Gasteiger partial charge in [-0.1, -0.05) is 25.5 Å². The van der Waals surface area contributed by atoms with Crippen LogP contribution in [0.15, 0.2) is 18.2 Å². The molecule has 1 aromatic carbocycles. The van der Waals surface area contributed by atoms with Crippen LogP contribution in [0.25, 0.3) is 0 Å². The number of rotatable bonds is 5. The monoisotopic (exact) mass is 370 g/mol. The van der Waals surface area contributed by atoms with Gasteiger partial charge in [0.1, 0.15) is 6.04 Å². The van der Waals surface area contributed by atoms with Gasteiger partial charge in [0.05, 0.1) is 0 Å². The molecule has 144 valence electrons. The summed E-state index contributed by atoms with van der Waals surface area (Å²) in [5.74, 6) is -0.116. The molecule has 1 unspecified atom stereocenters. The highest BCUT2D eigenvalue weighted by Crippen LogP contribution is 2.30. The summed E-state index contributed by atoms with van der Waals surface area (Å²) in [7, 11) is 0. The van der Waals surface area contributed by atoms with Crippen molar-refractivity contribution < 1.29 is 14.4 Å². The molecule has 3 N–H and O–H groups in total. The number of amides is 3. The zero-order valence-corrected chi connectivity index (χ0v) is 15.6. The van der Waals surface area contributed by atoms with Crippen molar-refractivity contribution >= 4 is 17.7 Å². The van der Waals surface area contributed by atoms with E-state index in [1.165, 1.54) is 0 Å². The van der Waals surface area contributed by atoms with E-state index in [0.717, 1.165) is 30.6 Å². The molecule has 7 nitrogen and oxygen atoms in total. The van der Waals surface area contributed by atoms with Gasteiger partial charge in [0, 0.05) is 37.7 Å². The maximum atomic E-state index is 12.9. The van der Waals surface area contributed by atoms with Gasteiger partial charge in [-0.3, -0.25) is 19.7 Å². The first-order chi connectivity index (χ1) is 13.1. The fourth-order valence-electron chi connectivity index (χ4n) is 4.46. The van der Waals surface area contributed by atoms with Crippen LogP contribution < -0.4 is 16.0 Å². The molecule has 3 heterocycles. The van der Waals surface area contributed by atoms with E-state index in [1.54, 1.807) is 4.90 Å². The summed E-state index contributed by atoms with van der Waals surface area (Å²) in [6, 6.07) is 5.67. The Bertz CT molecular complexity index is 778. The van der Waals surface area contributed by atoms with E-state index in [1.807, 2.05) is 12.1 Å². The molecule has 0 aromatic heterocycles. The predicted octanol–water partition coefficient (Wildman–Crippen LogP) is 0.535. The van der Waals surface area contributed by atoms with E-state index in [-0.39, 0.29) is 24.1 Å². The molecule has 0 spiro atoms. The molecule has 0 aliphatic carbocycles. The van der Waals surface area contributed by atoms with Crippen molar-refractivity contribution in [3.8, 4) is 0 Å². The van der Waals surface area contributed by atoms with E-state index in [4.69, 9.17) is 0 Å². The van der Waals surface area contributed by atoms with Gasteiger partial charge in [0.25, 0.3) is 5.91 Å². The fourth-order valence-corrected chi connectivity index (χ4v) is 4.46. The topological polar surface area (TPSA) is 90.5 Å². The van der Waals surface area contributed by atoms with Gasteiger partial charge in [-0.2, -0.15) is 0 Å². The normalized spacial score (nSPS) is 27.8. The van der Waals surface area contributed by atoms with Gasteiger partial charge in [0.2, 0.25) is 11.8 Å². The molecule has 2 saturated heterocycles. The van der Waals surface area contributed by atoms with Crippen LogP contribution in [0.4, 0.5) is 0 Å². The number of nitrogens with one attached hydrogen (secondary N) is 3. The number of carbonyl (C=O) groups excluding carboxylic acids is 3. The molecule has 3 atom stereocenters. The van der Waals surface area contributed by atoms with Crippen molar-refractivity contribution in [1.82, 2.24) is 20.9 Å². The van der Waals surface area contributed by atoms with Crippen LogP contribution in [0, 0.1) is 5.92 Å². The Kier molecular flexibility index (Phi) is 4.97. The molecule has 4 rings (SSSR count). The van der Waals surface area contributed by atoms with E-state index >= 15 is 0 Å². The first-order valence-corrected chi connectivity index (χ1v) is 9.78. The molecule has 1 aromatic rings. The Balaban J connectivity index is 1.49. The Hall–Kier alpha value is -2.25. The predicted molar refractivity (Wildman–Crippen MR) is 99.8 cm³/mol. The van der Waals surface area contributed by atoms with Crippen molar-refractivity contribution in [2.24, 2.45) is 5.92 Å². The van der Waals surface area contributed by atoms with Gasteiger partial charge < -0.3 is 15.5 Å². The van der Waals surface area contributed by atoms with Gasteiger partial charge in [0.15, 0.2) is 0 Å². The van der Waals surface area contributed by atoms with E-state index in [0.29, 0.717) is 37.0 Å². The van der Waals surface area contributed by atoms with Gasteiger partial charge >= 0.3 is 0 Å². The molecule has 0 bridgehead atoms. The highest BCUT2D eigenvalue weighted by atomic mass is 16.2. The van der Waals surface area contributed by atoms with E-state index in [2.05, 4.69) is 28.9 Å². The highest BCUT2D eigenvalue weighted by molar-refractivity contribution is 6.05. The van der Waals surface area contributed by atoms with Gasteiger partial charge in [-0.15, -0.1) is 0 Å². The smallest absolute Gasteiger partial charge is 0.255 e. The van der Waals surface area contributed by atoms with Crippen molar-refractivity contribution in [3.05, 3.63) is 34.9 Å². The number of hydrogen-bond donors (Lipinski definition) is 3. The summed E-state index contributed by atoms with van der Waals surface area (Å²) < 4.78 is 0. The first-order valence-electron chi connectivity index (χ1n) is 9.78. The minimum Gasteiger partial charge on any atom is -0.322 e. The Labute approximate surface area is 158 Å². The molecule has 27 heavy (non-hydrogen) atoms. The Morgan fingerprint density at radius 3 is 2.85 bits per heavy atom. The summed E-state index contributed by atoms with van der Waals surface area (Å²) in [6.07, 6.45) is 1.81. The van der Waals surface area contributed by atoms with Gasteiger partial charge in [-0.25, -0.2) is 0 Å². The molecule has 0 saturated carbocycles. The van der Waals surface area contributed by atoms with Crippen LogP contribution in [-0.4, -0.2) is 47.8 Å². The number of fused-ring (bicyclic) bond motifs is 1. The molecular weight excluding hydrogens is 344 g/mol. The molecular formula is C20H26N4O3. The van der Waals surface area contributed by atoms with Crippen LogP contribution in [0.1, 0.15) is 47.7 Å². The Morgan fingerprint density at radius 2 is 2.07 bits per heavy atom. The molecule has 3 aliphatic heterocycles. The molecule has 3 amide bonds. The lowest BCUT2D eigenvalue weighted by atomic mass is 9.99. The number of benzene rings is 1. The third kappa shape index (κ3) is 3.37. The van der Waals surface area contributed by atoms with E-state index < -0.39 is 6.04 Å². The summed E-state index contributed by atoms with van der Waals surface area (Å²) in [6.45, 7) is 5.36. The van der Waals surface area contributed by atoms with E-state index in [9.17, 15) is 14.4 Å². The second-order valence-electron chi connectivity index (χ2n) is 7.66. The van der Waals surface area contributed by atoms with Crippen molar-refractivity contribution in [3.63, 3.8) is 0 Å². The number of piperidine rings is 1. The van der Waals surface area contributed by atoms with Crippen LogP contribution in [0.5, 0.6) is 0 Å². The molecule has 7 heteroatoms. The third-order valence-electron chi connectivity index (χ3n) is 6.10. The van der Waals surface area contributed by atoms with Crippen LogP contribution in [0.3, 0.4) is 0 Å². The summed E-state index contributed by atoms with van der Waals surface area (Å²) in [5.41, 5.74) is 2.78.